The van der Waals surface area contributed by atoms with Crippen LogP contribution in [-0.2, 0) is 0 Å². The van der Waals surface area contributed by atoms with Gasteiger partial charge in [-0.3, -0.25) is 0 Å². The summed E-state index contributed by atoms with van der Waals surface area (Å²) in [5, 5.41) is 0. The molecule has 0 bridgehead atoms. The summed E-state index contributed by atoms with van der Waals surface area (Å²) in [6.45, 7) is 8.96. The van der Waals surface area contributed by atoms with Crippen LogP contribution < -0.4 is 9.80 Å². The average Bonchev–Trinajstić information content (AvgIpc) is 2.27. The maximum absolute atomic E-state index is 2.45. The maximum Gasteiger partial charge on any atom is 0.0604 e. The third-order valence-corrected chi connectivity index (χ3v) is 2.97. The van der Waals surface area contributed by atoms with Crippen LogP contribution in [0, 0.1) is 0 Å². The summed E-state index contributed by atoms with van der Waals surface area (Å²) < 4.78 is 0. The first-order valence-corrected chi connectivity index (χ1v) is 5.45. The molecule has 0 atom stereocenters. The molecule has 0 aromatic heterocycles. The molecular formula is C12H18N2. The van der Waals surface area contributed by atoms with Gasteiger partial charge in [0.25, 0.3) is 0 Å². The van der Waals surface area contributed by atoms with E-state index in [-0.39, 0.29) is 0 Å². The molecule has 1 aliphatic rings. The summed E-state index contributed by atoms with van der Waals surface area (Å²) in [5.41, 5.74) is 2.78. The quantitative estimate of drug-likeness (QED) is 0.706. The van der Waals surface area contributed by atoms with E-state index in [9.17, 15) is 0 Å². The van der Waals surface area contributed by atoms with Crippen LogP contribution in [0.15, 0.2) is 24.3 Å². The van der Waals surface area contributed by atoms with Crippen LogP contribution in [0.3, 0.4) is 0 Å². The molecule has 0 saturated carbocycles. The minimum absolute atomic E-state index is 1.11. The van der Waals surface area contributed by atoms with Gasteiger partial charge in [0.1, 0.15) is 0 Å². The van der Waals surface area contributed by atoms with Crippen molar-refractivity contribution in [3.8, 4) is 0 Å². The molecule has 1 aromatic rings. The minimum Gasteiger partial charge on any atom is -0.368 e. The molecule has 2 nitrogen and oxygen atoms in total. The molecule has 1 aromatic carbocycles. The first-order valence-electron chi connectivity index (χ1n) is 5.45. The van der Waals surface area contributed by atoms with E-state index in [0.29, 0.717) is 0 Å². The molecule has 0 unspecified atom stereocenters. The van der Waals surface area contributed by atoms with Crippen LogP contribution in [0.25, 0.3) is 0 Å². The monoisotopic (exact) mass is 190 g/mol. The van der Waals surface area contributed by atoms with Gasteiger partial charge in [0.05, 0.1) is 11.4 Å². The standard InChI is InChI=1S/C12H18N2/c1-3-13-9-10-14(4-2)12-8-6-5-7-11(12)13/h5-8H,3-4,9-10H2,1-2H3. The highest BCUT2D eigenvalue weighted by Gasteiger charge is 2.19. The Morgan fingerprint density at radius 3 is 1.71 bits per heavy atom. The molecule has 0 amide bonds. The molecule has 0 saturated heterocycles. The normalized spacial score (nSPS) is 15.6. The van der Waals surface area contributed by atoms with E-state index in [1.165, 1.54) is 11.4 Å². The molecule has 76 valence electrons. The number of hydrogen-bond donors (Lipinski definition) is 0. The third kappa shape index (κ3) is 1.45. The first-order chi connectivity index (χ1) is 6.86. The summed E-state index contributed by atoms with van der Waals surface area (Å²) in [6, 6.07) is 8.70. The molecule has 0 spiro atoms. The van der Waals surface area contributed by atoms with E-state index in [2.05, 4.69) is 47.9 Å². The number of fused-ring (bicyclic) bond motifs is 1. The fourth-order valence-electron chi connectivity index (χ4n) is 2.14. The van der Waals surface area contributed by atoms with Gasteiger partial charge >= 0.3 is 0 Å². The fourth-order valence-corrected chi connectivity index (χ4v) is 2.14. The van der Waals surface area contributed by atoms with Crippen LogP contribution in [0.1, 0.15) is 13.8 Å². The van der Waals surface area contributed by atoms with E-state index in [1.54, 1.807) is 0 Å². The van der Waals surface area contributed by atoms with Gasteiger partial charge < -0.3 is 9.80 Å². The van der Waals surface area contributed by atoms with Crippen molar-refractivity contribution in [2.75, 3.05) is 36.0 Å². The predicted molar refractivity (Wildman–Crippen MR) is 62.2 cm³/mol. The number of hydrogen-bond acceptors (Lipinski definition) is 2. The summed E-state index contributed by atoms with van der Waals surface area (Å²) in [5.74, 6) is 0. The van der Waals surface area contributed by atoms with Gasteiger partial charge in [-0.05, 0) is 26.0 Å². The molecule has 2 heteroatoms. The number of nitrogens with zero attached hydrogens (tertiary/aromatic N) is 2. The highest BCUT2D eigenvalue weighted by Crippen LogP contribution is 2.31. The Hall–Kier alpha value is -1.18. The number of rotatable bonds is 2. The molecule has 1 aliphatic heterocycles. The molecule has 0 fully saturated rings. The van der Waals surface area contributed by atoms with Gasteiger partial charge in [0.2, 0.25) is 0 Å². The van der Waals surface area contributed by atoms with Crippen LogP contribution in [0.5, 0.6) is 0 Å². The van der Waals surface area contributed by atoms with Crippen molar-refractivity contribution in [2.24, 2.45) is 0 Å². The molecule has 1 heterocycles. The van der Waals surface area contributed by atoms with Gasteiger partial charge in [0.15, 0.2) is 0 Å². The lowest BCUT2D eigenvalue weighted by Crippen LogP contribution is -2.40. The molecule has 0 N–H and O–H groups in total. The highest BCUT2D eigenvalue weighted by molar-refractivity contribution is 5.73. The molecule has 0 radical (unpaired) electrons. The Bertz CT molecular complexity index is 278. The highest BCUT2D eigenvalue weighted by atomic mass is 15.3. The molecule has 0 aliphatic carbocycles. The predicted octanol–water partition coefficient (Wildman–Crippen LogP) is 2.35. The fraction of sp³-hybridized carbons (Fsp3) is 0.500. The number of likely N-dealkylation sites (N-methyl/N-ethyl adjacent to an activating group) is 2. The topological polar surface area (TPSA) is 6.48 Å². The summed E-state index contributed by atoms with van der Waals surface area (Å²) in [7, 11) is 0. The van der Waals surface area contributed by atoms with Crippen molar-refractivity contribution in [2.45, 2.75) is 13.8 Å². The zero-order valence-corrected chi connectivity index (χ0v) is 9.03. The molecular weight excluding hydrogens is 172 g/mol. The Morgan fingerprint density at radius 1 is 0.929 bits per heavy atom. The lowest BCUT2D eigenvalue weighted by atomic mass is 10.1. The zero-order valence-electron chi connectivity index (χ0n) is 9.03. The lowest BCUT2D eigenvalue weighted by molar-refractivity contribution is 0.723. The van der Waals surface area contributed by atoms with Crippen LogP contribution >= 0.6 is 0 Å². The van der Waals surface area contributed by atoms with Crippen molar-refractivity contribution in [1.82, 2.24) is 0 Å². The second-order valence-corrected chi connectivity index (χ2v) is 3.65. The third-order valence-electron chi connectivity index (χ3n) is 2.97. The van der Waals surface area contributed by atoms with Crippen LogP contribution in [-0.4, -0.2) is 26.2 Å². The second kappa shape index (κ2) is 3.91. The smallest absolute Gasteiger partial charge is 0.0604 e. The van der Waals surface area contributed by atoms with Gasteiger partial charge in [-0.25, -0.2) is 0 Å². The van der Waals surface area contributed by atoms with E-state index in [0.717, 1.165) is 26.2 Å². The molecule has 2 rings (SSSR count). The van der Waals surface area contributed by atoms with Crippen molar-refractivity contribution >= 4 is 11.4 Å². The van der Waals surface area contributed by atoms with E-state index in [4.69, 9.17) is 0 Å². The van der Waals surface area contributed by atoms with E-state index < -0.39 is 0 Å². The van der Waals surface area contributed by atoms with Gasteiger partial charge in [-0.2, -0.15) is 0 Å². The van der Waals surface area contributed by atoms with Gasteiger partial charge in [0, 0.05) is 26.2 Å². The van der Waals surface area contributed by atoms with Crippen molar-refractivity contribution in [1.29, 1.82) is 0 Å². The second-order valence-electron chi connectivity index (χ2n) is 3.65. The maximum atomic E-state index is 2.45. The first kappa shape index (κ1) is 9.38. The minimum atomic E-state index is 1.11. The van der Waals surface area contributed by atoms with Crippen LogP contribution in [0.2, 0.25) is 0 Å². The Labute approximate surface area is 86.1 Å². The van der Waals surface area contributed by atoms with Gasteiger partial charge in [-0.15, -0.1) is 0 Å². The number of anilines is 2. The zero-order chi connectivity index (χ0) is 9.97. The van der Waals surface area contributed by atoms with Crippen molar-refractivity contribution in [3.63, 3.8) is 0 Å². The average molecular weight is 190 g/mol. The van der Waals surface area contributed by atoms with Crippen molar-refractivity contribution in [3.05, 3.63) is 24.3 Å². The Kier molecular flexibility index (Phi) is 2.62. The van der Waals surface area contributed by atoms with Gasteiger partial charge in [-0.1, -0.05) is 12.1 Å². The summed E-state index contributed by atoms with van der Waals surface area (Å²) >= 11 is 0. The summed E-state index contributed by atoms with van der Waals surface area (Å²) in [6.07, 6.45) is 0. The summed E-state index contributed by atoms with van der Waals surface area (Å²) in [4.78, 5) is 4.89. The van der Waals surface area contributed by atoms with Crippen molar-refractivity contribution < 1.29 is 0 Å². The SMILES string of the molecule is CCN1CCN(CC)c2ccccc21. The lowest BCUT2D eigenvalue weighted by Gasteiger charge is -2.37. The van der Waals surface area contributed by atoms with E-state index in [1.807, 2.05) is 0 Å². The molecule has 14 heavy (non-hydrogen) atoms. The largest absolute Gasteiger partial charge is 0.368 e. The van der Waals surface area contributed by atoms with Crippen LogP contribution in [0.4, 0.5) is 11.4 Å². The van der Waals surface area contributed by atoms with E-state index >= 15 is 0 Å². The Morgan fingerprint density at radius 2 is 1.36 bits per heavy atom. The Balaban J connectivity index is 2.38. The number of benzene rings is 1. The number of para-hydroxylation sites is 2.